The number of benzene rings is 1. The van der Waals surface area contributed by atoms with E-state index in [1.165, 1.54) is 30.2 Å². The van der Waals surface area contributed by atoms with Gasteiger partial charge in [0.2, 0.25) is 0 Å². The monoisotopic (exact) mass is 537 g/mol. The quantitative estimate of drug-likeness (QED) is 0.244. The number of nitrogens with zero attached hydrogens (tertiary/aromatic N) is 5. The van der Waals surface area contributed by atoms with Crippen molar-refractivity contribution >= 4 is 39.2 Å². The van der Waals surface area contributed by atoms with Crippen molar-refractivity contribution in [2.75, 3.05) is 13.1 Å². The molecule has 7 rings (SSSR count). The number of pyridine rings is 2. The third-order valence-corrected chi connectivity index (χ3v) is 8.41. The molecule has 1 saturated heterocycles. The Morgan fingerprint density at radius 2 is 1.97 bits per heavy atom. The molecule has 194 valence electrons. The minimum Gasteiger partial charge on any atom is -0.335 e. The number of ketones is 1. The Balaban J connectivity index is 1.29. The minimum atomic E-state index is -0.416. The summed E-state index contributed by atoms with van der Waals surface area (Å²) in [5.41, 5.74) is 5.67. The molecule has 5 aromatic heterocycles. The molecule has 0 radical (unpaired) electrons. The molecule has 0 spiro atoms. The van der Waals surface area contributed by atoms with Gasteiger partial charge >= 0.3 is 0 Å². The summed E-state index contributed by atoms with van der Waals surface area (Å²) in [6.07, 6.45) is 7.79. The van der Waals surface area contributed by atoms with E-state index < -0.39 is 5.82 Å². The highest BCUT2D eigenvalue weighted by Gasteiger charge is 2.19. The van der Waals surface area contributed by atoms with E-state index in [9.17, 15) is 4.79 Å². The summed E-state index contributed by atoms with van der Waals surface area (Å²) in [5.74, 6) is 0.119. The SMILES string of the molecule is CC(=O)c1ccc(-c2ccnc3nc(-c4[nH]nc5c(F)cc(-c6cncc(CN7CCCC7)c6)cc45)[nH]c23)s1. The zero-order chi connectivity index (χ0) is 26.5. The van der Waals surface area contributed by atoms with Gasteiger partial charge in [0.05, 0.1) is 10.4 Å². The largest absolute Gasteiger partial charge is 0.335 e. The number of halogens is 1. The first-order valence-corrected chi connectivity index (χ1v) is 13.7. The second-order valence-corrected chi connectivity index (χ2v) is 11.0. The zero-order valence-electron chi connectivity index (χ0n) is 21.2. The van der Waals surface area contributed by atoms with E-state index in [0.29, 0.717) is 27.4 Å². The first kappa shape index (κ1) is 23.8. The standard InChI is InChI=1S/C29H24FN7OS/c1-16(38)23-4-5-24(39-23)20-6-7-32-28-26(20)33-29(34-28)27-21-11-18(12-22(30)25(21)35-36-27)19-10-17(13-31-14-19)15-37-8-2-3-9-37/h4-7,10-14H,2-3,8-9,15H2,1H3,(H,35,36)(H,32,33,34). The number of H-pyrrole nitrogens is 2. The number of aromatic nitrogens is 6. The van der Waals surface area contributed by atoms with Gasteiger partial charge in [0, 0.05) is 46.5 Å². The summed E-state index contributed by atoms with van der Waals surface area (Å²) in [6, 6.07) is 11.2. The van der Waals surface area contributed by atoms with Gasteiger partial charge in [-0.2, -0.15) is 5.10 Å². The fourth-order valence-electron chi connectivity index (χ4n) is 5.26. The van der Waals surface area contributed by atoms with E-state index in [4.69, 9.17) is 4.98 Å². The summed E-state index contributed by atoms with van der Waals surface area (Å²) in [6.45, 7) is 4.60. The van der Waals surface area contributed by atoms with Crippen molar-refractivity contribution in [2.24, 2.45) is 0 Å². The summed E-state index contributed by atoms with van der Waals surface area (Å²) < 4.78 is 15.3. The number of thiophene rings is 1. The zero-order valence-corrected chi connectivity index (χ0v) is 22.0. The van der Waals surface area contributed by atoms with Gasteiger partial charge in [-0.15, -0.1) is 11.3 Å². The fourth-order valence-corrected chi connectivity index (χ4v) is 6.19. The molecule has 0 amide bonds. The lowest BCUT2D eigenvalue weighted by Crippen LogP contribution is -2.18. The van der Waals surface area contributed by atoms with Gasteiger partial charge in [-0.05, 0) is 80.4 Å². The van der Waals surface area contributed by atoms with Crippen LogP contribution >= 0.6 is 11.3 Å². The summed E-state index contributed by atoms with van der Waals surface area (Å²) in [5, 5.41) is 7.84. The molecule has 0 saturated carbocycles. The highest BCUT2D eigenvalue weighted by molar-refractivity contribution is 7.17. The van der Waals surface area contributed by atoms with Crippen molar-refractivity contribution in [1.82, 2.24) is 35.0 Å². The predicted molar refractivity (Wildman–Crippen MR) is 150 cm³/mol. The summed E-state index contributed by atoms with van der Waals surface area (Å²) in [4.78, 5) is 32.8. The predicted octanol–water partition coefficient (Wildman–Crippen LogP) is 6.23. The highest BCUT2D eigenvalue weighted by atomic mass is 32.1. The smallest absolute Gasteiger partial charge is 0.178 e. The Hall–Kier alpha value is -4.28. The first-order chi connectivity index (χ1) is 19.0. The van der Waals surface area contributed by atoms with Crippen LogP contribution in [0.3, 0.4) is 0 Å². The molecule has 0 atom stereocenters. The minimum absolute atomic E-state index is 0.0281. The number of imidazole rings is 1. The molecule has 1 aromatic carbocycles. The Morgan fingerprint density at radius 3 is 2.79 bits per heavy atom. The number of rotatable bonds is 6. The molecule has 10 heteroatoms. The van der Waals surface area contributed by atoms with Crippen LogP contribution in [0, 0.1) is 5.82 Å². The van der Waals surface area contributed by atoms with Crippen molar-refractivity contribution in [1.29, 1.82) is 0 Å². The van der Waals surface area contributed by atoms with E-state index >= 15 is 4.39 Å². The van der Waals surface area contributed by atoms with E-state index in [-0.39, 0.29) is 11.3 Å². The van der Waals surface area contributed by atoms with E-state index in [0.717, 1.165) is 52.3 Å². The van der Waals surface area contributed by atoms with E-state index in [1.807, 2.05) is 30.5 Å². The number of nitrogens with one attached hydrogen (secondary N) is 2. The lowest BCUT2D eigenvalue weighted by molar-refractivity contribution is 0.102. The average molecular weight is 538 g/mol. The van der Waals surface area contributed by atoms with E-state index in [1.54, 1.807) is 19.3 Å². The van der Waals surface area contributed by atoms with Gasteiger partial charge in [0.25, 0.3) is 0 Å². The lowest BCUT2D eigenvalue weighted by Gasteiger charge is -2.14. The molecule has 1 aliphatic heterocycles. The molecule has 0 aliphatic carbocycles. The van der Waals surface area contributed by atoms with Gasteiger partial charge in [-0.1, -0.05) is 0 Å². The molecule has 0 bridgehead atoms. The number of Topliss-reactive ketones (excluding diaryl/α,β-unsaturated/α-hetero) is 1. The van der Waals surface area contributed by atoms with Crippen molar-refractivity contribution < 1.29 is 9.18 Å². The Bertz CT molecular complexity index is 1860. The average Bonchev–Trinajstić information content (AvgIpc) is 3.74. The molecule has 2 N–H and O–H groups in total. The normalized spacial score (nSPS) is 14.1. The van der Waals surface area contributed by atoms with Crippen LogP contribution in [0.4, 0.5) is 4.39 Å². The van der Waals surface area contributed by atoms with Gasteiger partial charge < -0.3 is 4.98 Å². The molecular formula is C29H24FN7OS. The van der Waals surface area contributed by atoms with Crippen LogP contribution in [0.1, 0.15) is 35.0 Å². The fraction of sp³-hybridized carbons (Fsp3) is 0.207. The second-order valence-electron chi connectivity index (χ2n) is 9.88. The number of carbonyl (C=O) groups is 1. The van der Waals surface area contributed by atoms with Gasteiger partial charge in [0.1, 0.15) is 11.2 Å². The molecule has 39 heavy (non-hydrogen) atoms. The van der Waals surface area contributed by atoms with Crippen LogP contribution < -0.4 is 0 Å². The van der Waals surface area contributed by atoms with E-state index in [2.05, 4.69) is 36.1 Å². The number of fused-ring (bicyclic) bond motifs is 2. The Morgan fingerprint density at radius 1 is 1.10 bits per heavy atom. The molecular weight excluding hydrogens is 513 g/mol. The molecule has 6 aromatic rings. The summed E-state index contributed by atoms with van der Waals surface area (Å²) >= 11 is 1.43. The Kier molecular flexibility index (Phi) is 5.79. The molecule has 1 aliphatic rings. The molecule has 0 unspecified atom stereocenters. The number of hydrogen-bond donors (Lipinski definition) is 2. The van der Waals surface area contributed by atoms with Crippen LogP contribution in [0.5, 0.6) is 0 Å². The van der Waals surface area contributed by atoms with Crippen molar-refractivity contribution in [3.8, 4) is 33.1 Å². The highest BCUT2D eigenvalue weighted by Crippen LogP contribution is 2.36. The number of carbonyl (C=O) groups excluding carboxylic acids is 1. The number of aromatic amines is 2. The number of likely N-dealkylation sites (tertiary alicyclic amines) is 1. The molecule has 1 fully saturated rings. The van der Waals surface area contributed by atoms with Crippen LogP contribution in [0.15, 0.2) is 55.0 Å². The maximum atomic E-state index is 15.3. The maximum absolute atomic E-state index is 15.3. The van der Waals surface area contributed by atoms with Gasteiger partial charge in [-0.25, -0.2) is 14.4 Å². The van der Waals surface area contributed by atoms with Crippen molar-refractivity contribution in [3.63, 3.8) is 0 Å². The second kappa shape index (κ2) is 9.48. The van der Waals surface area contributed by atoms with Gasteiger partial charge in [-0.3, -0.25) is 19.8 Å². The van der Waals surface area contributed by atoms with Crippen LogP contribution in [0.2, 0.25) is 0 Å². The van der Waals surface area contributed by atoms with Crippen LogP contribution in [0.25, 0.3) is 55.2 Å². The first-order valence-electron chi connectivity index (χ1n) is 12.8. The third-order valence-electron chi connectivity index (χ3n) is 7.19. The maximum Gasteiger partial charge on any atom is 0.178 e. The van der Waals surface area contributed by atoms with Crippen molar-refractivity contribution in [2.45, 2.75) is 26.3 Å². The van der Waals surface area contributed by atoms with Gasteiger partial charge in [0.15, 0.2) is 23.1 Å². The molecule has 8 nitrogen and oxygen atoms in total. The van der Waals surface area contributed by atoms with Crippen molar-refractivity contribution in [3.05, 3.63) is 71.2 Å². The topological polar surface area (TPSA) is 103 Å². The Labute approximate surface area is 227 Å². The lowest BCUT2D eigenvalue weighted by atomic mass is 10.0. The third kappa shape index (κ3) is 4.31. The summed E-state index contributed by atoms with van der Waals surface area (Å²) in [7, 11) is 0. The molecule has 6 heterocycles. The number of hydrogen-bond acceptors (Lipinski definition) is 7. The van der Waals surface area contributed by atoms with Crippen LogP contribution in [-0.4, -0.2) is 53.9 Å². The van der Waals surface area contributed by atoms with Crippen LogP contribution in [-0.2, 0) is 6.54 Å².